The number of aromatic nitrogens is 1. The number of amides is 1. The van der Waals surface area contributed by atoms with E-state index in [4.69, 9.17) is 4.74 Å². The van der Waals surface area contributed by atoms with Crippen molar-refractivity contribution >= 4 is 36.4 Å². The number of carbonyl (C=O) groups excluding carboxylic acids is 2. The predicted octanol–water partition coefficient (Wildman–Crippen LogP) is 5.07. The fourth-order valence-electron chi connectivity index (χ4n) is 4.19. The number of hydrogen-bond donors (Lipinski definition) is 0. The second-order valence-electron chi connectivity index (χ2n) is 10.1. The topological polar surface area (TPSA) is 62.7 Å². The van der Waals surface area contributed by atoms with E-state index in [0.717, 1.165) is 59.8 Å². The molecule has 1 aliphatic heterocycles. The van der Waals surface area contributed by atoms with E-state index in [2.05, 4.69) is 53.8 Å². The summed E-state index contributed by atoms with van der Waals surface area (Å²) in [6.45, 7) is 12.1. The molecule has 1 fully saturated rings. The van der Waals surface area contributed by atoms with Crippen LogP contribution in [-0.2, 0) is 9.53 Å². The van der Waals surface area contributed by atoms with Crippen LogP contribution in [0.4, 0.5) is 5.69 Å². The fourth-order valence-corrected chi connectivity index (χ4v) is 4.90. The minimum Gasteiger partial charge on any atom is -0.462 e. The zero-order chi connectivity index (χ0) is 24.3. The Bertz CT molecular complexity index is 1180. The van der Waals surface area contributed by atoms with E-state index < -0.39 is 8.07 Å². The molecule has 7 heteroatoms. The molecule has 0 unspecified atom stereocenters. The number of ether oxygens (including phenoxy) is 1. The quantitative estimate of drug-likeness (QED) is 0.368. The van der Waals surface area contributed by atoms with Gasteiger partial charge >= 0.3 is 5.97 Å². The highest BCUT2D eigenvalue weighted by Crippen LogP contribution is 2.30. The lowest BCUT2D eigenvalue weighted by Crippen LogP contribution is -2.48. The first kappa shape index (κ1) is 23.9. The molecule has 2 heterocycles. The van der Waals surface area contributed by atoms with Crippen LogP contribution in [0.1, 0.15) is 17.3 Å². The van der Waals surface area contributed by atoms with Crippen molar-refractivity contribution in [2.45, 2.75) is 32.6 Å². The minimum atomic E-state index is -1.25. The molecule has 0 radical (unpaired) electrons. The zero-order valence-electron chi connectivity index (χ0n) is 20.5. The first-order chi connectivity index (χ1) is 16.2. The summed E-state index contributed by atoms with van der Waals surface area (Å²) < 4.78 is 5.55. The number of fused-ring (bicyclic) bond motifs is 1. The van der Waals surface area contributed by atoms with Crippen LogP contribution in [0.25, 0.3) is 21.9 Å². The van der Waals surface area contributed by atoms with Crippen molar-refractivity contribution in [3.05, 3.63) is 60.4 Å². The average molecular weight is 476 g/mol. The van der Waals surface area contributed by atoms with Crippen LogP contribution in [-0.4, -0.2) is 62.6 Å². The van der Waals surface area contributed by atoms with Crippen molar-refractivity contribution in [1.29, 1.82) is 0 Å². The van der Waals surface area contributed by atoms with Crippen molar-refractivity contribution in [1.82, 2.24) is 9.88 Å². The molecule has 1 saturated heterocycles. The smallest absolute Gasteiger partial charge is 0.338 e. The predicted molar refractivity (Wildman–Crippen MR) is 140 cm³/mol. The van der Waals surface area contributed by atoms with Gasteiger partial charge in [-0.3, -0.25) is 9.78 Å². The van der Waals surface area contributed by atoms with Gasteiger partial charge in [-0.25, -0.2) is 4.79 Å². The van der Waals surface area contributed by atoms with Crippen LogP contribution in [0, 0.1) is 0 Å². The number of benzene rings is 2. The van der Waals surface area contributed by atoms with Gasteiger partial charge in [-0.1, -0.05) is 37.8 Å². The van der Waals surface area contributed by atoms with E-state index >= 15 is 0 Å². The zero-order valence-corrected chi connectivity index (χ0v) is 21.5. The van der Waals surface area contributed by atoms with Crippen LogP contribution < -0.4 is 4.90 Å². The molecule has 4 rings (SSSR count). The van der Waals surface area contributed by atoms with Crippen molar-refractivity contribution in [3.63, 3.8) is 0 Å². The molecule has 0 saturated carbocycles. The van der Waals surface area contributed by atoms with Crippen LogP contribution in [0.5, 0.6) is 0 Å². The summed E-state index contributed by atoms with van der Waals surface area (Å²) in [6, 6.07) is 15.1. The molecular weight excluding hydrogens is 442 g/mol. The molecule has 6 nitrogen and oxygen atoms in total. The third-order valence-corrected chi connectivity index (χ3v) is 8.05. The maximum atomic E-state index is 12.7. The van der Waals surface area contributed by atoms with Gasteiger partial charge in [-0.15, -0.1) is 0 Å². The Morgan fingerprint density at radius 2 is 1.68 bits per heavy atom. The molecule has 2 aromatic carbocycles. The second kappa shape index (κ2) is 9.97. The highest BCUT2D eigenvalue weighted by Gasteiger charge is 2.19. The maximum absolute atomic E-state index is 12.7. The standard InChI is InChI=1S/C27H33N3O3Si/c1-20(31)29-11-13-30(14-12-29)24-9-7-21(8-10-24)26-19-28-18-23-6-5-22(17-25(23)26)27(32)33-15-16-34(2,3)4/h5-10,17-19H,11-16H2,1-4H3. The number of nitrogens with zero attached hydrogens (tertiary/aromatic N) is 3. The molecule has 0 spiro atoms. The largest absolute Gasteiger partial charge is 0.462 e. The molecule has 3 aromatic rings. The van der Waals surface area contributed by atoms with Crippen molar-refractivity contribution in [2.75, 3.05) is 37.7 Å². The highest BCUT2D eigenvalue weighted by molar-refractivity contribution is 6.76. The summed E-state index contributed by atoms with van der Waals surface area (Å²) in [6.07, 6.45) is 3.67. The van der Waals surface area contributed by atoms with Gasteiger partial charge in [-0.05, 0) is 41.3 Å². The summed E-state index contributed by atoms with van der Waals surface area (Å²) in [5, 5.41) is 1.97. The molecule has 1 amide bonds. The fraction of sp³-hybridized carbons (Fsp3) is 0.370. The van der Waals surface area contributed by atoms with Gasteiger partial charge < -0.3 is 14.5 Å². The lowest BCUT2D eigenvalue weighted by Gasteiger charge is -2.35. The Kier molecular flexibility index (Phi) is 7.02. The van der Waals surface area contributed by atoms with Crippen molar-refractivity contribution in [3.8, 4) is 11.1 Å². The van der Waals surface area contributed by atoms with Crippen LogP contribution in [0.2, 0.25) is 25.7 Å². The van der Waals surface area contributed by atoms with Crippen LogP contribution >= 0.6 is 0 Å². The van der Waals surface area contributed by atoms with Gasteiger partial charge in [-0.2, -0.15) is 0 Å². The van der Waals surface area contributed by atoms with Gasteiger partial charge in [0.25, 0.3) is 0 Å². The van der Waals surface area contributed by atoms with E-state index in [0.29, 0.717) is 12.2 Å². The molecular formula is C27H33N3O3Si. The number of hydrogen-bond acceptors (Lipinski definition) is 5. The first-order valence-electron chi connectivity index (χ1n) is 11.9. The van der Waals surface area contributed by atoms with Crippen molar-refractivity contribution < 1.29 is 14.3 Å². The Morgan fingerprint density at radius 1 is 0.971 bits per heavy atom. The van der Waals surface area contributed by atoms with E-state index in [1.807, 2.05) is 35.5 Å². The monoisotopic (exact) mass is 475 g/mol. The lowest BCUT2D eigenvalue weighted by molar-refractivity contribution is -0.129. The highest BCUT2D eigenvalue weighted by atomic mass is 28.3. The summed E-state index contributed by atoms with van der Waals surface area (Å²) in [5.74, 6) is -0.138. The van der Waals surface area contributed by atoms with E-state index in [-0.39, 0.29) is 11.9 Å². The summed E-state index contributed by atoms with van der Waals surface area (Å²) in [5.41, 5.74) is 3.75. The first-order valence-corrected chi connectivity index (χ1v) is 15.6. The minimum absolute atomic E-state index is 0.137. The van der Waals surface area contributed by atoms with Crippen LogP contribution in [0.3, 0.4) is 0 Å². The number of pyridine rings is 1. The maximum Gasteiger partial charge on any atom is 0.338 e. The number of rotatable bonds is 6. The van der Waals surface area contributed by atoms with Crippen molar-refractivity contribution in [2.24, 2.45) is 0 Å². The molecule has 1 aromatic heterocycles. The summed E-state index contributed by atoms with van der Waals surface area (Å²) in [4.78, 5) is 32.8. The third-order valence-electron chi connectivity index (χ3n) is 6.35. The normalized spacial score (nSPS) is 14.4. The van der Waals surface area contributed by atoms with Gasteiger partial charge in [0, 0.05) is 70.2 Å². The molecule has 0 bridgehead atoms. The van der Waals surface area contributed by atoms with Gasteiger partial charge in [0.2, 0.25) is 5.91 Å². The Balaban J connectivity index is 1.53. The average Bonchev–Trinajstić information content (AvgIpc) is 2.82. The number of esters is 1. The summed E-state index contributed by atoms with van der Waals surface area (Å²) >= 11 is 0. The van der Waals surface area contributed by atoms with Gasteiger partial charge in [0.15, 0.2) is 0 Å². The second-order valence-corrected chi connectivity index (χ2v) is 15.7. The molecule has 0 aliphatic carbocycles. The van der Waals surface area contributed by atoms with Gasteiger partial charge in [0.05, 0.1) is 12.2 Å². The Hall–Kier alpha value is -3.19. The molecule has 1 aliphatic rings. The SMILES string of the molecule is CC(=O)N1CCN(c2ccc(-c3cncc4ccc(C(=O)OCC[Si](C)(C)C)cc34)cc2)CC1. The van der Waals surface area contributed by atoms with Crippen LogP contribution in [0.15, 0.2) is 54.9 Å². The number of anilines is 1. The van der Waals surface area contributed by atoms with E-state index in [1.165, 1.54) is 0 Å². The van der Waals surface area contributed by atoms with Gasteiger partial charge in [0.1, 0.15) is 0 Å². The van der Waals surface area contributed by atoms with E-state index in [9.17, 15) is 9.59 Å². The number of piperazine rings is 1. The Morgan fingerprint density at radius 3 is 2.32 bits per heavy atom. The third kappa shape index (κ3) is 5.65. The number of carbonyl (C=O) groups is 2. The van der Waals surface area contributed by atoms with E-state index in [1.54, 1.807) is 6.92 Å². The molecule has 0 N–H and O–H groups in total. The molecule has 178 valence electrons. The summed E-state index contributed by atoms with van der Waals surface area (Å²) in [7, 11) is -1.25. The molecule has 34 heavy (non-hydrogen) atoms. The molecule has 0 atom stereocenters. The Labute approximate surface area is 202 Å². The lowest BCUT2D eigenvalue weighted by atomic mass is 9.99.